The fourth-order valence-electron chi connectivity index (χ4n) is 2.07. The Bertz CT molecular complexity index is 381. The Morgan fingerprint density at radius 2 is 2.12 bits per heavy atom. The second kappa shape index (κ2) is 5.40. The third kappa shape index (κ3) is 3.12. The molecule has 1 N–H and O–H groups in total. The van der Waals surface area contributed by atoms with Crippen LogP contribution in [-0.2, 0) is 4.74 Å². The van der Waals surface area contributed by atoms with E-state index in [-0.39, 0.29) is 11.9 Å². The number of aromatic nitrogens is 1. The van der Waals surface area contributed by atoms with Crippen molar-refractivity contribution in [1.82, 2.24) is 4.98 Å². The molecule has 1 aromatic rings. The van der Waals surface area contributed by atoms with Crippen LogP contribution in [0.3, 0.4) is 0 Å². The summed E-state index contributed by atoms with van der Waals surface area (Å²) in [5.41, 5.74) is 0. The number of nitrogens with one attached hydrogen (secondary N) is 1. The Morgan fingerprint density at radius 1 is 1.41 bits per heavy atom. The van der Waals surface area contributed by atoms with Crippen LogP contribution in [0.15, 0.2) is 12.3 Å². The van der Waals surface area contributed by atoms with Crippen LogP contribution in [-0.4, -0.2) is 24.2 Å². The molecule has 0 bridgehead atoms. The molecule has 1 fully saturated rings. The average molecular weight is 242 g/mol. The summed E-state index contributed by atoms with van der Waals surface area (Å²) in [5, 5.41) is 3.00. The van der Waals surface area contributed by atoms with E-state index in [0.717, 1.165) is 38.3 Å². The lowest BCUT2D eigenvalue weighted by Crippen LogP contribution is -2.31. The minimum absolute atomic E-state index is 0.103. The van der Waals surface area contributed by atoms with E-state index in [9.17, 15) is 8.78 Å². The van der Waals surface area contributed by atoms with Crippen LogP contribution in [0.25, 0.3) is 0 Å². The van der Waals surface area contributed by atoms with Gasteiger partial charge in [0, 0.05) is 25.3 Å². The van der Waals surface area contributed by atoms with Crippen molar-refractivity contribution in [1.29, 1.82) is 0 Å². The maximum absolute atomic E-state index is 13.4. The van der Waals surface area contributed by atoms with Gasteiger partial charge in [-0.2, -0.15) is 0 Å². The molecule has 0 amide bonds. The quantitative estimate of drug-likeness (QED) is 0.884. The Kier molecular flexibility index (Phi) is 3.89. The summed E-state index contributed by atoms with van der Waals surface area (Å²) in [4.78, 5) is 3.72. The molecule has 1 saturated heterocycles. The number of anilines is 1. The van der Waals surface area contributed by atoms with E-state index in [1.54, 1.807) is 0 Å². The number of ether oxygens (including phenoxy) is 1. The van der Waals surface area contributed by atoms with Crippen molar-refractivity contribution >= 4 is 5.82 Å². The van der Waals surface area contributed by atoms with Crippen molar-refractivity contribution < 1.29 is 13.5 Å². The first-order chi connectivity index (χ1) is 8.16. The molecule has 2 heterocycles. The van der Waals surface area contributed by atoms with Gasteiger partial charge < -0.3 is 10.1 Å². The van der Waals surface area contributed by atoms with E-state index >= 15 is 0 Å². The van der Waals surface area contributed by atoms with Crippen LogP contribution < -0.4 is 5.32 Å². The number of hydrogen-bond acceptors (Lipinski definition) is 3. The van der Waals surface area contributed by atoms with E-state index in [0.29, 0.717) is 5.92 Å². The van der Waals surface area contributed by atoms with Gasteiger partial charge in [-0.3, -0.25) is 0 Å². The first kappa shape index (κ1) is 12.2. The predicted octanol–water partition coefficient (Wildman–Crippen LogP) is 2.59. The van der Waals surface area contributed by atoms with Gasteiger partial charge in [0.25, 0.3) is 0 Å². The third-order valence-electron chi connectivity index (χ3n) is 3.15. The third-order valence-corrected chi connectivity index (χ3v) is 3.15. The highest BCUT2D eigenvalue weighted by atomic mass is 19.1. The number of halogens is 2. The summed E-state index contributed by atoms with van der Waals surface area (Å²) in [6.07, 6.45) is 2.93. The molecular formula is C12H16F2N2O. The molecule has 17 heavy (non-hydrogen) atoms. The molecule has 1 aromatic heterocycles. The highest BCUT2D eigenvalue weighted by molar-refractivity contribution is 5.36. The molecule has 1 aliphatic heterocycles. The van der Waals surface area contributed by atoms with Crippen LogP contribution >= 0.6 is 0 Å². The van der Waals surface area contributed by atoms with Gasteiger partial charge >= 0.3 is 0 Å². The van der Waals surface area contributed by atoms with E-state index in [1.165, 1.54) is 0 Å². The lowest BCUT2D eigenvalue weighted by molar-refractivity contribution is 0.0622. The SMILES string of the molecule is CC(Nc1ncc(F)cc1F)C1CCOCC1. The molecule has 1 aliphatic rings. The molecule has 0 radical (unpaired) electrons. The van der Waals surface area contributed by atoms with Crippen molar-refractivity contribution in [3.05, 3.63) is 23.9 Å². The zero-order valence-electron chi connectivity index (χ0n) is 9.75. The van der Waals surface area contributed by atoms with Crippen LogP contribution in [0.1, 0.15) is 19.8 Å². The average Bonchev–Trinajstić information content (AvgIpc) is 2.34. The summed E-state index contributed by atoms with van der Waals surface area (Å²) < 4.78 is 31.4. The molecule has 1 unspecified atom stereocenters. The molecule has 1 atom stereocenters. The molecule has 2 rings (SSSR count). The standard InChI is InChI=1S/C12H16F2N2O/c1-8(9-2-4-17-5-3-9)16-12-11(14)6-10(13)7-15-12/h6-9H,2-5H2,1H3,(H,15,16). The zero-order valence-corrected chi connectivity index (χ0v) is 9.75. The minimum atomic E-state index is -0.660. The summed E-state index contributed by atoms with van der Waals surface area (Å²) in [5.74, 6) is -0.754. The normalized spacial score (nSPS) is 19.0. The summed E-state index contributed by atoms with van der Waals surface area (Å²) in [7, 11) is 0. The molecule has 0 saturated carbocycles. The fourth-order valence-corrected chi connectivity index (χ4v) is 2.07. The fraction of sp³-hybridized carbons (Fsp3) is 0.583. The van der Waals surface area contributed by atoms with Gasteiger partial charge in [-0.15, -0.1) is 0 Å². The van der Waals surface area contributed by atoms with Gasteiger partial charge in [-0.25, -0.2) is 13.8 Å². The van der Waals surface area contributed by atoms with Crippen molar-refractivity contribution in [2.75, 3.05) is 18.5 Å². The Balaban J connectivity index is 1.99. The molecular weight excluding hydrogens is 226 g/mol. The van der Waals surface area contributed by atoms with Gasteiger partial charge in [0.1, 0.15) is 5.82 Å². The van der Waals surface area contributed by atoms with E-state index in [2.05, 4.69) is 10.3 Å². The lowest BCUT2D eigenvalue weighted by Gasteiger charge is -2.28. The highest BCUT2D eigenvalue weighted by Gasteiger charge is 2.21. The molecule has 0 aliphatic carbocycles. The van der Waals surface area contributed by atoms with Crippen molar-refractivity contribution in [2.45, 2.75) is 25.8 Å². The molecule has 0 aromatic carbocycles. The maximum atomic E-state index is 13.4. The number of pyridine rings is 1. The van der Waals surface area contributed by atoms with Crippen molar-refractivity contribution in [3.63, 3.8) is 0 Å². The topological polar surface area (TPSA) is 34.2 Å². The molecule has 5 heteroatoms. The van der Waals surface area contributed by atoms with Gasteiger partial charge in [0.15, 0.2) is 11.6 Å². The molecule has 3 nitrogen and oxygen atoms in total. The Hall–Kier alpha value is -1.23. The summed E-state index contributed by atoms with van der Waals surface area (Å²) in [6, 6.07) is 0.942. The van der Waals surface area contributed by atoms with Crippen molar-refractivity contribution in [3.8, 4) is 0 Å². The van der Waals surface area contributed by atoms with Crippen LogP contribution in [0, 0.1) is 17.6 Å². The highest BCUT2D eigenvalue weighted by Crippen LogP contribution is 2.22. The molecule has 94 valence electrons. The monoisotopic (exact) mass is 242 g/mol. The number of nitrogens with zero attached hydrogens (tertiary/aromatic N) is 1. The Labute approximate surface area is 99.2 Å². The maximum Gasteiger partial charge on any atom is 0.168 e. The molecule has 0 spiro atoms. The largest absolute Gasteiger partial charge is 0.381 e. The number of hydrogen-bond donors (Lipinski definition) is 1. The van der Waals surface area contributed by atoms with Gasteiger partial charge in [-0.1, -0.05) is 0 Å². The van der Waals surface area contributed by atoms with E-state index < -0.39 is 11.6 Å². The van der Waals surface area contributed by atoms with Crippen LogP contribution in [0.2, 0.25) is 0 Å². The van der Waals surface area contributed by atoms with Crippen LogP contribution in [0.5, 0.6) is 0 Å². The second-order valence-corrected chi connectivity index (χ2v) is 4.37. The van der Waals surface area contributed by atoms with Gasteiger partial charge in [-0.05, 0) is 25.7 Å². The smallest absolute Gasteiger partial charge is 0.168 e. The van der Waals surface area contributed by atoms with E-state index in [4.69, 9.17) is 4.74 Å². The summed E-state index contributed by atoms with van der Waals surface area (Å²) >= 11 is 0. The summed E-state index contributed by atoms with van der Waals surface area (Å²) in [6.45, 7) is 3.48. The van der Waals surface area contributed by atoms with Crippen molar-refractivity contribution in [2.24, 2.45) is 5.92 Å². The minimum Gasteiger partial charge on any atom is -0.381 e. The Morgan fingerprint density at radius 3 is 2.76 bits per heavy atom. The predicted molar refractivity (Wildman–Crippen MR) is 60.8 cm³/mol. The second-order valence-electron chi connectivity index (χ2n) is 4.37. The van der Waals surface area contributed by atoms with Crippen LogP contribution in [0.4, 0.5) is 14.6 Å². The number of rotatable bonds is 3. The zero-order chi connectivity index (χ0) is 12.3. The van der Waals surface area contributed by atoms with Gasteiger partial charge in [0.05, 0.1) is 6.20 Å². The first-order valence-electron chi connectivity index (χ1n) is 5.82. The van der Waals surface area contributed by atoms with Gasteiger partial charge in [0.2, 0.25) is 0 Å². The van der Waals surface area contributed by atoms with E-state index in [1.807, 2.05) is 6.92 Å². The first-order valence-corrected chi connectivity index (χ1v) is 5.82. The lowest BCUT2D eigenvalue weighted by atomic mass is 9.93.